The fraction of sp³-hybridized carbons (Fsp3) is 0.571. The first-order chi connectivity index (χ1) is 12.2. The number of para-hydroxylation sites is 1. The zero-order valence-corrected chi connectivity index (χ0v) is 15.1. The molecule has 1 amide bonds. The SMILES string of the molecule is CC1CN(C2CC2)CCN1C(=O)c1cccc2c3c([nH]c12)CCCC3. The summed E-state index contributed by atoms with van der Waals surface area (Å²) in [6.45, 7) is 5.10. The number of carbonyl (C=O) groups is 1. The van der Waals surface area contributed by atoms with Crippen molar-refractivity contribution in [2.45, 2.75) is 57.5 Å². The molecule has 25 heavy (non-hydrogen) atoms. The lowest BCUT2D eigenvalue weighted by Gasteiger charge is -2.40. The number of rotatable bonds is 2. The van der Waals surface area contributed by atoms with Gasteiger partial charge in [0, 0.05) is 42.8 Å². The van der Waals surface area contributed by atoms with Crippen LogP contribution >= 0.6 is 0 Å². The van der Waals surface area contributed by atoms with Crippen LogP contribution in [0.4, 0.5) is 0 Å². The van der Waals surface area contributed by atoms with Crippen molar-refractivity contribution >= 4 is 16.8 Å². The lowest BCUT2D eigenvalue weighted by Crippen LogP contribution is -2.54. The molecular formula is C21H27N3O. The molecule has 3 aliphatic rings. The van der Waals surface area contributed by atoms with Gasteiger partial charge in [0.25, 0.3) is 5.91 Å². The normalized spacial score (nSPS) is 24.5. The van der Waals surface area contributed by atoms with Crippen molar-refractivity contribution in [2.24, 2.45) is 0 Å². The van der Waals surface area contributed by atoms with Crippen molar-refractivity contribution in [1.82, 2.24) is 14.8 Å². The van der Waals surface area contributed by atoms with Gasteiger partial charge in [-0.25, -0.2) is 0 Å². The monoisotopic (exact) mass is 337 g/mol. The number of hydrogen-bond donors (Lipinski definition) is 1. The van der Waals surface area contributed by atoms with E-state index < -0.39 is 0 Å². The van der Waals surface area contributed by atoms with Crippen LogP contribution in [0.5, 0.6) is 0 Å². The minimum Gasteiger partial charge on any atom is -0.358 e. The van der Waals surface area contributed by atoms with Crippen LogP contribution in [-0.4, -0.2) is 52.4 Å². The van der Waals surface area contributed by atoms with Crippen LogP contribution in [0.25, 0.3) is 10.9 Å². The van der Waals surface area contributed by atoms with Gasteiger partial charge in [0.1, 0.15) is 0 Å². The lowest BCUT2D eigenvalue weighted by molar-refractivity contribution is 0.0475. The Kier molecular flexibility index (Phi) is 3.63. The Labute approximate surface area is 149 Å². The van der Waals surface area contributed by atoms with Gasteiger partial charge in [-0.2, -0.15) is 0 Å². The lowest BCUT2D eigenvalue weighted by atomic mass is 9.95. The molecule has 1 aliphatic heterocycles. The number of aromatic nitrogens is 1. The predicted molar refractivity (Wildman–Crippen MR) is 100 cm³/mol. The molecule has 1 saturated heterocycles. The van der Waals surface area contributed by atoms with Gasteiger partial charge in [-0.15, -0.1) is 0 Å². The number of aromatic amines is 1. The highest BCUT2D eigenvalue weighted by atomic mass is 16.2. The Morgan fingerprint density at radius 1 is 1.16 bits per heavy atom. The van der Waals surface area contributed by atoms with E-state index in [-0.39, 0.29) is 5.91 Å². The molecule has 5 rings (SSSR count). The Morgan fingerprint density at radius 3 is 2.80 bits per heavy atom. The van der Waals surface area contributed by atoms with E-state index in [0.29, 0.717) is 6.04 Å². The van der Waals surface area contributed by atoms with E-state index >= 15 is 0 Å². The van der Waals surface area contributed by atoms with Crippen molar-refractivity contribution in [1.29, 1.82) is 0 Å². The standard InChI is InChI=1S/C21H27N3O/c1-14-13-23(15-9-10-15)11-12-24(14)21(25)18-7-4-6-17-16-5-2-3-8-19(16)22-20(17)18/h4,6-7,14-15,22H,2-3,5,8-13H2,1H3. The van der Waals surface area contributed by atoms with Crippen LogP contribution in [0.1, 0.15) is 54.2 Å². The summed E-state index contributed by atoms with van der Waals surface area (Å²) in [5.41, 5.74) is 4.73. The summed E-state index contributed by atoms with van der Waals surface area (Å²) in [6, 6.07) is 7.33. The quantitative estimate of drug-likeness (QED) is 0.913. The van der Waals surface area contributed by atoms with E-state index in [4.69, 9.17) is 0 Å². The molecule has 1 aromatic carbocycles. The van der Waals surface area contributed by atoms with Gasteiger partial charge in [-0.1, -0.05) is 12.1 Å². The third-order valence-electron chi connectivity index (χ3n) is 6.35. The molecule has 2 fully saturated rings. The molecule has 0 radical (unpaired) electrons. The highest BCUT2D eigenvalue weighted by molar-refractivity contribution is 6.07. The van der Waals surface area contributed by atoms with E-state index in [2.05, 4.69) is 33.8 Å². The van der Waals surface area contributed by atoms with Crippen molar-refractivity contribution in [2.75, 3.05) is 19.6 Å². The Bertz CT molecular complexity index is 820. The minimum atomic E-state index is 0.201. The number of benzene rings is 1. The number of hydrogen-bond acceptors (Lipinski definition) is 2. The van der Waals surface area contributed by atoms with Crippen molar-refractivity contribution < 1.29 is 4.79 Å². The van der Waals surface area contributed by atoms with Crippen LogP contribution < -0.4 is 0 Å². The van der Waals surface area contributed by atoms with E-state index in [0.717, 1.165) is 49.6 Å². The van der Waals surface area contributed by atoms with Gasteiger partial charge < -0.3 is 9.88 Å². The second-order valence-corrected chi connectivity index (χ2v) is 8.09. The zero-order valence-electron chi connectivity index (χ0n) is 15.1. The second kappa shape index (κ2) is 5.87. The smallest absolute Gasteiger partial charge is 0.256 e. The largest absolute Gasteiger partial charge is 0.358 e. The molecule has 2 aliphatic carbocycles. The number of nitrogens with zero attached hydrogens (tertiary/aromatic N) is 2. The number of aryl methyl sites for hydroxylation is 2. The van der Waals surface area contributed by atoms with Crippen molar-refractivity contribution in [3.8, 4) is 0 Å². The summed E-state index contributed by atoms with van der Waals surface area (Å²) in [6.07, 6.45) is 7.46. The van der Waals surface area contributed by atoms with Crippen LogP contribution in [0, 0.1) is 0 Å². The van der Waals surface area contributed by atoms with E-state index in [1.807, 2.05) is 6.07 Å². The number of fused-ring (bicyclic) bond motifs is 3. The number of amides is 1. The Hall–Kier alpha value is -1.81. The van der Waals surface area contributed by atoms with Gasteiger partial charge >= 0.3 is 0 Å². The van der Waals surface area contributed by atoms with Crippen LogP contribution in [0.2, 0.25) is 0 Å². The molecule has 1 unspecified atom stereocenters. The molecule has 0 spiro atoms. The van der Waals surface area contributed by atoms with E-state index in [1.165, 1.54) is 42.3 Å². The molecule has 4 heteroatoms. The summed E-state index contributed by atoms with van der Waals surface area (Å²) in [7, 11) is 0. The molecule has 0 bridgehead atoms. The molecular weight excluding hydrogens is 310 g/mol. The molecule has 2 heterocycles. The van der Waals surface area contributed by atoms with Crippen molar-refractivity contribution in [3.05, 3.63) is 35.0 Å². The average Bonchev–Trinajstić information content (AvgIpc) is 3.41. The molecule has 1 aromatic heterocycles. The van der Waals surface area contributed by atoms with Crippen LogP contribution in [0.15, 0.2) is 18.2 Å². The van der Waals surface area contributed by atoms with Gasteiger partial charge in [0.15, 0.2) is 0 Å². The van der Waals surface area contributed by atoms with Gasteiger partial charge in [-0.3, -0.25) is 9.69 Å². The zero-order chi connectivity index (χ0) is 17.0. The first-order valence-corrected chi connectivity index (χ1v) is 9.90. The highest BCUT2D eigenvalue weighted by Crippen LogP contribution is 2.32. The molecule has 1 N–H and O–H groups in total. The maximum atomic E-state index is 13.3. The van der Waals surface area contributed by atoms with Crippen LogP contribution in [0.3, 0.4) is 0 Å². The highest BCUT2D eigenvalue weighted by Gasteiger charge is 2.36. The van der Waals surface area contributed by atoms with Gasteiger partial charge in [-0.05, 0) is 57.1 Å². The van der Waals surface area contributed by atoms with E-state index in [1.54, 1.807) is 0 Å². The molecule has 4 nitrogen and oxygen atoms in total. The fourth-order valence-electron chi connectivity index (χ4n) is 4.82. The minimum absolute atomic E-state index is 0.201. The summed E-state index contributed by atoms with van der Waals surface area (Å²) < 4.78 is 0. The molecule has 132 valence electrons. The van der Waals surface area contributed by atoms with E-state index in [9.17, 15) is 4.79 Å². The van der Waals surface area contributed by atoms with Crippen molar-refractivity contribution in [3.63, 3.8) is 0 Å². The summed E-state index contributed by atoms with van der Waals surface area (Å²) in [5.74, 6) is 0.201. The Morgan fingerprint density at radius 2 is 2.00 bits per heavy atom. The summed E-state index contributed by atoms with van der Waals surface area (Å²) in [5, 5.41) is 1.27. The first kappa shape index (κ1) is 15.4. The maximum Gasteiger partial charge on any atom is 0.256 e. The Balaban J connectivity index is 1.46. The number of piperazine rings is 1. The maximum absolute atomic E-state index is 13.3. The third-order valence-corrected chi connectivity index (χ3v) is 6.35. The van der Waals surface area contributed by atoms with Gasteiger partial charge in [0.05, 0.1) is 11.1 Å². The first-order valence-electron chi connectivity index (χ1n) is 9.90. The number of nitrogens with one attached hydrogen (secondary N) is 1. The van der Waals surface area contributed by atoms with Gasteiger partial charge in [0.2, 0.25) is 0 Å². The average molecular weight is 337 g/mol. The topological polar surface area (TPSA) is 39.3 Å². The number of H-pyrrole nitrogens is 1. The summed E-state index contributed by atoms with van der Waals surface area (Å²) >= 11 is 0. The second-order valence-electron chi connectivity index (χ2n) is 8.09. The molecule has 1 saturated carbocycles. The summed E-state index contributed by atoms with van der Waals surface area (Å²) in [4.78, 5) is 21.6. The molecule has 2 aromatic rings. The fourth-order valence-corrected chi connectivity index (χ4v) is 4.82. The third kappa shape index (κ3) is 2.58. The van der Waals surface area contributed by atoms with Crippen LogP contribution in [-0.2, 0) is 12.8 Å². The predicted octanol–water partition coefficient (Wildman–Crippen LogP) is 3.36. The molecule has 1 atom stereocenters. The number of carbonyl (C=O) groups excluding carboxylic acids is 1.